The molecule has 3 heterocycles. The summed E-state index contributed by atoms with van der Waals surface area (Å²) in [5.74, 6) is 0. The molecule has 254 valence electrons. The number of H-pyrrole nitrogens is 2. The fourth-order valence-corrected chi connectivity index (χ4v) is 6.25. The van der Waals surface area contributed by atoms with Gasteiger partial charge in [0.15, 0.2) is 0 Å². The number of hydrogen-bond acceptors (Lipinski definition) is 13. The molecule has 6 rings (SSSR count). The number of nitro groups is 3. The molecule has 6 aromatic rings. The van der Waals surface area contributed by atoms with Crippen LogP contribution in [0.4, 0.5) is 17.1 Å². The van der Waals surface area contributed by atoms with E-state index in [0.717, 1.165) is 6.07 Å². The van der Waals surface area contributed by atoms with Crippen LogP contribution in [-0.4, -0.2) is 44.7 Å². The van der Waals surface area contributed by atoms with Gasteiger partial charge in [0.25, 0.3) is 22.6 Å². The number of nitro benzene ring substituents is 3. The Hall–Kier alpha value is -3.96. The van der Waals surface area contributed by atoms with E-state index in [2.05, 4.69) is 72.7 Å². The van der Waals surface area contributed by atoms with Crippen molar-refractivity contribution >= 4 is 144 Å². The van der Waals surface area contributed by atoms with Gasteiger partial charge < -0.3 is 11.1 Å². The number of nitrogens with zero attached hydrogens (tertiary/aromatic N) is 7. The van der Waals surface area contributed by atoms with Crippen molar-refractivity contribution in [1.82, 2.24) is 36.1 Å². The maximum absolute atomic E-state index is 11.4. The van der Waals surface area contributed by atoms with E-state index in [0.29, 0.717) is 35.2 Å². The summed E-state index contributed by atoms with van der Waals surface area (Å²) in [4.78, 5) is 72.3. The number of aromatic amines is 2. The van der Waals surface area contributed by atoms with Gasteiger partial charge in [0.05, 0.1) is 45.7 Å². The number of benzene rings is 3. The van der Waals surface area contributed by atoms with E-state index in [4.69, 9.17) is 46.4 Å². The quantitative estimate of drug-likeness (QED) is 0.0652. The second kappa shape index (κ2) is 16.2. The Kier molecular flexibility index (Phi) is 13.0. The van der Waals surface area contributed by atoms with Crippen molar-refractivity contribution in [3.63, 3.8) is 0 Å². The van der Waals surface area contributed by atoms with E-state index in [1.54, 1.807) is 0 Å². The van der Waals surface area contributed by atoms with Crippen LogP contribution in [0.15, 0.2) is 59.4 Å². The molecule has 0 aliphatic rings. The highest BCUT2D eigenvalue weighted by Crippen LogP contribution is 2.33. The van der Waals surface area contributed by atoms with Gasteiger partial charge >= 0.3 is 5.69 Å². The lowest BCUT2D eigenvalue weighted by Gasteiger charge is -2.02. The molecule has 0 saturated heterocycles. The normalized spacial score (nSPS) is 10.4. The molecule has 0 fully saturated rings. The van der Waals surface area contributed by atoms with Crippen LogP contribution in [0.5, 0.6) is 0 Å². The summed E-state index contributed by atoms with van der Waals surface area (Å²) in [5.41, 5.74) is -0.614. The second-order valence-corrected chi connectivity index (χ2v) is 12.7. The predicted octanol–water partition coefficient (Wildman–Crippen LogP) is 8.26. The molecule has 0 amide bonds. The molecule has 3 aromatic heterocycles. The first kappa shape index (κ1) is 39.5. The van der Waals surface area contributed by atoms with Crippen molar-refractivity contribution in [1.29, 1.82) is 0 Å². The third kappa shape index (κ3) is 9.19. The summed E-state index contributed by atoms with van der Waals surface area (Å²) in [6.45, 7) is 0. The van der Waals surface area contributed by atoms with Crippen LogP contribution in [-0.2, 0) is 0 Å². The SMILES string of the molecule is N.O=[N+]([O-])c1cc(Br)c2nc(Cl)nc(Cl)c2c1.O=[N+]([O-])c1cc(Br)c2nc(Cl)nc(Cl)c2c1.O=c1[nH]c(=O)c2cc([N+](=O)[O-])cc(Br)c2[nH]1. The Balaban J connectivity index is 0.000000197. The summed E-state index contributed by atoms with van der Waals surface area (Å²) >= 11 is 32.3. The fourth-order valence-electron chi connectivity index (χ4n) is 3.76. The monoisotopic (exact) mass is 944 g/mol. The van der Waals surface area contributed by atoms with Gasteiger partial charge in [-0.15, -0.1) is 0 Å². The third-order valence-electron chi connectivity index (χ3n) is 5.75. The van der Waals surface area contributed by atoms with E-state index >= 15 is 0 Å². The molecule has 0 unspecified atom stereocenters. The first-order valence-corrected chi connectivity index (χ1v) is 15.9. The van der Waals surface area contributed by atoms with Gasteiger partial charge in [-0.2, -0.15) is 0 Å². The standard InChI is InChI=1S/2C8H2BrCl2N3O2.C8H4BrN3O4.H3N/c2*9-5-2-3(14(15)16)1-4-6(5)12-8(11)13-7(4)10;9-5-2-3(12(15)16)1-4-6(5)10-8(14)11-7(4)13;/h2*1-2H;1-2H,(H2,10,11,13,14);1H3. The lowest BCUT2D eigenvalue weighted by molar-refractivity contribution is -0.384. The van der Waals surface area contributed by atoms with E-state index in [1.165, 1.54) is 30.3 Å². The molecule has 0 spiro atoms. The number of halogens is 7. The van der Waals surface area contributed by atoms with Gasteiger partial charge in [-0.25, -0.2) is 24.7 Å². The van der Waals surface area contributed by atoms with Crippen molar-refractivity contribution in [2.45, 2.75) is 0 Å². The molecule has 0 bridgehead atoms. The van der Waals surface area contributed by atoms with E-state index in [-0.39, 0.29) is 55.0 Å². The Morgan fingerprint density at radius 3 is 1.33 bits per heavy atom. The van der Waals surface area contributed by atoms with Gasteiger partial charge in [-0.1, -0.05) is 23.2 Å². The molecule has 3 aromatic carbocycles. The fraction of sp³-hybridized carbons (Fsp3) is 0. The zero-order valence-corrected chi connectivity index (χ0v) is 31.0. The lowest BCUT2D eigenvalue weighted by Crippen LogP contribution is -2.22. The zero-order chi connectivity index (χ0) is 35.6. The van der Waals surface area contributed by atoms with Crippen LogP contribution in [0.1, 0.15) is 0 Å². The van der Waals surface area contributed by atoms with Crippen LogP contribution in [0, 0.1) is 30.3 Å². The van der Waals surface area contributed by atoms with Gasteiger partial charge in [-0.05, 0) is 71.0 Å². The van der Waals surface area contributed by atoms with E-state index < -0.39 is 26.0 Å². The number of rotatable bonds is 3. The largest absolute Gasteiger partial charge is 0.344 e. The highest BCUT2D eigenvalue weighted by Gasteiger charge is 2.17. The average molecular weight is 949 g/mol. The summed E-state index contributed by atoms with van der Waals surface area (Å²) in [7, 11) is 0. The van der Waals surface area contributed by atoms with Crippen LogP contribution in [0.3, 0.4) is 0 Å². The van der Waals surface area contributed by atoms with Crippen molar-refractivity contribution in [2.75, 3.05) is 0 Å². The molecule has 5 N–H and O–H groups in total. The molecule has 0 atom stereocenters. The van der Waals surface area contributed by atoms with Gasteiger partial charge in [-0.3, -0.25) is 40.1 Å². The zero-order valence-electron chi connectivity index (χ0n) is 23.2. The van der Waals surface area contributed by atoms with Crippen molar-refractivity contribution in [3.05, 3.63) is 122 Å². The topological polar surface area (TPSA) is 282 Å². The molecular weight excluding hydrogens is 938 g/mol. The highest BCUT2D eigenvalue weighted by molar-refractivity contribution is 9.11. The van der Waals surface area contributed by atoms with E-state index in [1.807, 2.05) is 4.98 Å². The maximum Gasteiger partial charge on any atom is 0.326 e. The Bertz CT molecular complexity index is 2350. The van der Waals surface area contributed by atoms with Gasteiger partial charge in [0, 0.05) is 51.6 Å². The summed E-state index contributed by atoms with van der Waals surface area (Å²) < 4.78 is 1.19. The number of hydrogen-bond donors (Lipinski definition) is 3. The number of fused-ring (bicyclic) bond motifs is 3. The minimum Gasteiger partial charge on any atom is -0.344 e. The van der Waals surface area contributed by atoms with Crippen LogP contribution in [0.2, 0.25) is 20.9 Å². The van der Waals surface area contributed by atoms with Crippen molar-refractivity contribution in [2.24, 2.45) is 0 Å². The molecule has 0 saturated carbocycles. The molecule has 0 radical (unpaired) electrons. The molecule has 0 aliphatic heterocycles. The lowest BCUT2D eigenvalue weighted by atomic mass is 10.2. The average Bonchev–Trinajstić information content (AvgIpc) is 2.99. The Morgan fingerprint density at radius 1 is 0.571 bits per heavy atom. The second-order valence-electron chi connectivity index (χ2n) is 8.74. The Labute approximate surface area is 314 Å². The molecule has 0 aliphatic carbocycles. The summed E-state index contributed by atoms with van der Waals surface area (Å²) in [6.07, 6.45) is 0. The first-order valence-electron chi connectivity index (χ1n) is 12.0. The molecular formula is C24H11Br3Cl4N10O8. The number of aromatic nitrogens is 6. The third-order valence-corrected chi connectivity index (χ3v) is 8.50. The van der Waals surface area contributed by atoms with Gasteiger partial charge in [0.1, 0.15) is 10.3 Å². The minimum atomic E-state index is -0.664. The molecule has 18 nitrogen and oxygen atoms in total. The highest BCUT2D eigenvalue weighted by atomic mass is 79.9. The van der Waals surface area contributed by atoms with Crippen LogP contribution >= 0.6 is 94.2 Å². The number of non-ortho nitro benzene ring substituents is 3. The summed E-state index contributed by atoms with van der Waals surface area (Å²) in [5, 5.41) is 32.8. The first-order chi connectivity index (χ1) is 22.5. The molecule has 49 heavy (non-hydrogen) atoms. The van der Waals surface area contributed by atoms with Crippen LogP contribution in [0.25, 0.3) is 32.7 Å². The van der Waals surface area contributed by atoms with Crippen molar-refractivity contribution < 1.29 is 14.8 Å². The predicted molar refractivity (Wildman–Crippen MR) is 192 cm³/mol. The maximum atomic E-state index is 11.4. The molecule has 25 heteroatoms. The van der Waals surface area contributed by atoms with Crippen molar-refractivity contribution in [3.8, 4) is 0 Å². The minimum absolute atomic E-state index is 0. The number of nitrogens with one attached hydrogen (secondary N) is 2. The summed E-state index contributed by atoms with van der Waals surface area (Å²) in [6, 6.07) is 7.61. The smallest absolute Gasteiger partial charge is 0.326 e. The Morgan fingerprint density at radius 2 is 0.939 bits per heavy atom. The van der Waals surface area contributed by atoms with Gasteiger partial charge in [0.2, 0.25) is 10.6 Å². The van der Waals surface area contributed by atoms with Crippen LogP contribution < -0.4 is 17.4 Å². The van der Waals surface area contributed by atoms with E-state index in [9.17, 15) is 39.9 Å².